The molecular formula is C11H13MgNO9. The fraction of sp³-hybridized carbons (Fsp3) is 0.545. The topological polar surface area (TPSA) is 179 Å². The molecular weight excluding hydrogens is 314 g/mol. The monoisotopic (exact) mass is 327 g/mol. The van der Waals surface area contributed by atoms with Gasteiger partial charge in [-0.05, 0) is 6.42 Å². The van der Waals surface area contributed by atoms with Crippen LogP contribution in [0.1, 0.15) is 12.8 Å². The van der Waals surface area contributed by atoms with Gasteiger partial charge in [0.15, 0.2) is 6.10 Å². The Morgan fingerprint density at radius 1 is 1.45 bits per heavy atom. The second kappa shape index (κ2) is 8.78. The van der Waals surface area contributed by atoms with Crippen molar-refractivity contribution >= 4 is 40.9 Å². The van der Waals surface area contributed by atoms with E-state index in [1.54, 1.807) is 0 Å². The summed E-state index contributed by atoms with van der Waals surface area (Å²) >= 11 is 0. The van der Waals surface area contributed by atoms with Crippen molar-refractivity contribution in [3.63, 3.8) is 0 Å². The molecule has 1 amide bonds. The molecule has 3 atom stereocenters. The standard InChI is InChI=1S/C6H8O6.C5H7NO3.Mg/c7-1-2(8)5-3(9)4(10)6(11)12-5;7-4-2-1-3(6-4)5(8)9;/h2,5,7-10H,1H2;3H,1-2H2,(H,6,7)(H,8,9);/q;;+2/p-2/t2-,5+;3-;/m00./s1. The number of cyclic esters (lactones) is 1. The molecule has 0 bridgehead atoms. The van der Waals surface area contributed by atoms with Gasteiger partial charge in [-0.15, -0.1) is 0 Å². The predicted molar refractivity (Wildman–Crippen MR) is 64.6 cm³/mol. The molecule has 0 aromatic rings. The number of carbonyl (C=O) groups is 3. The Morgan fingerprint density at radius 2 is 2.05 bits per heavy atom. The minimum Gasteiger partial charge on any atom is -0.865 e. The Hall–Kier alpha value is -1.56. The number of carboxylic acids is 1. The average molecular weight is 328 g/mol. The zero-order valence-electron chi connectivity index (χ0n) is 11.4. The van der Waals surface area contributed by atoms with Crippen molar-refractivity contribution in [2.24, 2.45) is 0 Å². The van der Waals surface area contributed by atoms with Crippen LogP contribution in [0.5, 0.6) is 0 Å². The van der Waals surface area contributed by atoms with Crippen molar-refractivity contribution in [3.05, 3.63) is 11.5 Å². The average Bonchev–Trinajstić information content (AvgIpc) is 2.98. The molecule has 2 aliphatic heterocycles. The summed E-state index contributed by atoms with van der Waals surface area (Å²) in [5.74, 6) is -4.65. The summed E-state index contributed by atoms with van der Waals surface area (Å²) in [6.45, 7) is -0.699. The van der Waals surface area contributed by atoms with Gasteiger partial charge in [0.05, 0.1) is 18.6 Å². The molecule has 118 valence electrons. The molecule has 0 aliphatic carbocycles. The Morgan fingerprint density at radius 3 is 2.32 bits per heavy atom. The van der Waals surface area contributed by atoms with E-state index in [4.69, 9.17) is 15.3 Å². The normalized spacial score (nSPS) is 24.6. The summed E-state index contributed by atoms with van der Waals surface area (Å²) in [5, 5.41) is 49.0. The fourth-order valence-electron chi connectivity index (χ4n) is 1.61. The first-order valence-corrected chi connectivity index (χ1v) is 5.88. The van der Waals surface area contributed by atoms with Crippen molar-refractivity contribution in [2.45, 2.75) is 31.1 Å². The van der Waals surface area contributed by atoms with Crippen LogP contribution in [0.2, 0.25) is 0 Å². The van der Waals surface area contributed by atoms with Crippen molar-refractivity contribution < 1.29 is 44.7 Å². The molecule has 0 radical (unpaired) electrons. The Labute approximate surface area is 140 Å². The molecule has 2 rings (SSSR count). The maximum Gasteiger partial charge on any atom is 2.00 e. The minimum atomic E-state index is -1.46. The number of amides is 1. The molecule has 4 N–H and O–H groups in total. The van der Waals surface area contributed by atoms with Crippen LogP contribution in [0, 0.1) is 0 Å². The van der Waals surface area contributed by atoms with Gasteiger partial charge in [0.1, 0.15) is 11.9 Å². The van der Waals surface area contributed by atoms with E-state index in [0.717, 1.165) is 0 Å². The molecule has 0 aromatic carbocycles. The molecule has 0 aromatic heterocycles. The molecule has 0 spiro atoms. The Balaban J connectivity index is 0.000000397. The number of hydrogen-bond acceptors (Lipinski definition) is 9. The largest absolute Gasteiger partial charge is 2.00 e. The maximum atomic E-state index is 10.6. The van der Waals surface area contributed by atoms with E-state index >= 15 is 0 Å². The van der Waals surface area contributed by atoms with Gasteiger partial charge in [0.2, 0.25) is 5.91 Å². The minimum absolute atomic E-state index is 0. The number of rotatable bonds is 3. The molecule has 0 saturated carbocycles. The SMILES string of the molecule is O=C1CC[C@@H](C(=O)[O-])N1.O=C1O[C@H]([C@@H](O)CO)C(O)=C1[O-].[Mg+2]. The van der Waals surface area contributed by atoms with E-state index in [1.165, 1.54) is 0 Å². The van der Waals surface area contributed by atoms with Gasteiger partial charge in [0, 0.05) is 12.2 Å². The number of aliphatic hydroxyl groups excluding tert-OH is 3. The first-order valence-electron chi connectivity index (χ1n) is 5.88. The number of aliphatic carboxylic acids is 1. The van der Waals surface area contributed by atoms with Gasteiger partial charge >= 0.3 is 29.0 Å². The van der Waals surface area contributed by atoms with Crippen LogP contribution in [0.15, 0.2) is 11.5 Å². The molecule has 1 saturated heterocycles. The maximum absolute atomic E-state index is 10.6. The molecule has 11 heteroatoms. The third-order valence-corrected chi connectivity index (χ3v) is 2.74. The summed E-state index contributed by atoms with van der Waals surface area (Å²) in [6, 6.07) is -0.752. The van der Waals surface area contributed by atoms with Crippen LogP contribution in [-0.2, 0) is 19.1 Å². The molecule has 10 nitrogen and oxygen atoms in total. The number of carbonyl (C=O) groups excluding carboxylic acids is 3. The summed E-state index contributed by atoms with van der Waals surface area (Å²) in [4.78, 5) is 30.8. The second-order valence-corrected chi connectivity index (χ2v) is 4.27. The smallest absolute Gasteiger partial charge is 0.865 e. The van der Waals surface area contributed by atoms with Crippen LogP contribution in [-0.4, -0.2) is 81.1 Å². The molecule has 2 heterocycles. The molecule has 22 heavy (non-hydrogen) atoms. The Bertz CT molecular complexity index is 478. The van der Waals surface area contributed by atoms with E-state index in [9.17, 15) is 24.6 Å². The fourth-order valence-corrected chi connectivity index (χ4v) is 1.61. The molecule has 1 fully saturated rings. The molecule has 2 aliphatic rings. The predicted octanol–water partition coefficient (Wildman–Crippen LogP) is -4.97. The van der Waals surface area contributed by atoms with E-state index in [-0.39, 0.29) is 29.0 Å². The van der Waals surface area contributed by atoms with Crippen LogP contribution in [0.4, 0.5) is 0 Å². The summed E-state index contributed by atoms with van der Waals surface area (Å²) in [6.07, 6.45) is -2.21. The summed E-state index contributed by atoms with van der Waals surface area (Å²) < 4.78 is 4.25. The van der Waals surface area contributed by atoms with Gasteiger partial charge in [0.25, 0.3) is 0 Å². The van der Waals surface area contributed by atoms with Gasteiger partial charge in [-0.1, -0.05) is 0 Å². The zero-order chi connectivity index (χ0) is 16.2. The third-order valence-electron chi connectivity index (χ3n) is 2.74. The van der Waals surface area contributed by atoms with Crippen LogP contribution in [0.3, 0.4) is 0 Å². The van der Waals surface area contributed by atoms with E-state index in [2.05, 4.69) is 10.1 Å². The number of ether oxygens (including phenoxy) is 1. The van der Waals surface area contributed by atoms with Crippen LogP contribution >= 0.6 is 0 Å². The van der Waals surface area contributed by atoms with Gasteiger partial charge < -0.3 is 40.4 Å². The van der Waals surface area contributed by atoms with Crippen LogP contribution < -0.4 is 15.5 Å². The van der Waals surface area contributed by atoms with Crippen molar-refractivity contribution in [2.75, 3.05) is 6.61 Å². The quantitative estimate of drug-likeness (QED) is 0.291. The number of esters is 1. The van der Waals surface area contributed by atoms with Crippen molar-refractivity contribution in [3.8, 4) is 0 Å². The third kappa shape index (κ3) is 5.01. The summed E-state index contributed by atoms with van der Waals surface area (Å²) in [7, 11) is 0. The second-order valence-electron chi connectivity index (χ2n) is 4.27. The Kier molecular flexibility index (Phi) is 8.15. The van der Waals surface area contributed by atoms with Crippen LogP contribution in [0.25, 0.3) is 0 Å². The number of hydrogen-bond donors (Lipinski definition) is 4. The van der Waals surface area contributed by atoms with Gasteiger partial charge in [-0.25, -0.2) is 4.79 Å². The van der Waals surface area contributed by atoms with Gasteiger partial charge in [-0.3, -0.25) is 4.79 Å². The zero-order valence-corrected chi connectivity index (χ0v) is 12.8. The first kappa shape index (κ1) is 20.4. The number of nitrogens with one attached hydrogen (secondary N) is 1. The first-order chi connectivity index (χ1) is 9.77. The van der Waals surface area contributed by atoms with Crippen molar-refractivity contribution in [1.29, 1.82) is 0 Å². The molecule has 0 unspecified atom stereocenters. The summed E-state index contributed by atoms with van der Waals surface area (Å²) in [5.41, 5.74) is 0. The van der Waals surface area contributed by atoms with Gasteiger partial charge in [-0.2, -0.15) is 0 Å². The van der Waals surface area contributed by atoms with E-state index in [0.29, 0.717) is 12.8 Å². The number of carboxylic acid groups (broad SMARTS) is 1. The number of aliphatic hydroxyl groups is 3. The van der Waals surface area contributed by atoms with Crippen molar-refractivity contribution in [1.82, 2.24) is 5.32 Å². The van der Waals surface area contributed by atoms with E-state index < -0.39 is 48.3 Å². The van der Waals surface area contributed by atoms with E-state index in [1.807, 2.05) is 0 Å².